The molecule has 0 radical (unpaired) electrons. The zero-order valence-corrected chi connectivity index (χ0v) is 20.2. The topological polar surface area (TPSA) is 89.4 Å². The third-order valence-electron chi connectivity index (χ3n) is 6.89. The minimum Gasteiger partial charge on any atom is -0.456 e. The number of furan rings is 1. The Bertz CT molecular complexity index is 1520. The first-order valence-corrected chi connectivity index (χ1v) is 12.2. The number of fused-ring (bicyclic) bond motifs is 3. The predicted octanol–water partition coefficient (Wildman–Crippen LogP) is 6.15. The van der Waals surface area contributed by atoms with E-state index in [2.05, 4.69) is 24.1 Å². The summed E-state index contributed by atoms with van der Waals surface area (Å²) in [5.41, 5.74) is 4.24. The number of amides is 1. The second kappa shape index (κ2) is 9.07. The lowest BCUT2D eigenvalue weighted by molar-refractivity contribution is -0.121. The summed E-state index contributed by atoms with van der Waals surface area (Å²) < 4.78 is 17.4. The van der Waals surface area contributed by atoms with Crippen molar-refractivity contribution in [1.29, 1.82) is 0 Å². The van der Waals surface area contributed by atoms with Gasteiger partial charge in [-0.05, 0) is 24.1 Å². The lowest BCUT2D eigenvalue weighted by Crippen LogP contribution is -2.34. The predicted molar refractivity (Wildman–Crippen MR) is 138 cm³/mol. The molecule has 36 heavy (non-hydrogen) atoms. The number of aromatic amines is 1. The van der Waals surface area contributed by atoms with Crippen molar-refractivity contribution in [3.05, 3.63) is 78.1 Å². The average molecular weight is 482 g/mol. The van der Waals surface area contributed by atoms with E-state index in [0.717, 1.165) is 39.8 Å². The number of rotatable bonds is 7. The van der Waals surface area contributed by atoms with Crippen molar-refractivity contribution in [2.24, 2.45) is 5.92 Å². The van der Waals surface area contributed by atoms with E-state index in [9.17, 15) is 4.79 Å². The molecule has 6 rings (SSSR count). The molecule has 0 saturated carbocycles. The van der Waals surface area contributed by atoms with Gasteiger partial charge in [0.1, 0.15) is 17.2 Å². The molecule has 0 fully saturated rings. The smallest absolute Gasteiger partial charge is 0.231 e. The second-order valence-corrected chi connectivity index (χ2v) is 9.22. The summed E-state index contributed by atoms with van der Waals surface area (Å²) in [6, 6.07) is 21.2. The van der Waals surface area contributed by atoms with Crippen molar-refractivity contribution in [3.8, 4) is 22.8 Å². The van der Waals surface area contributed by atoms with Crippen molar-refractivity contribution in [2.45, 2.75) is 32.7 Å². The lowest BCUT2D eigenvalue weighted by Gasteiger charge is -2.22. The normalized spacial score (nSPS) is 14.3. The number of nitrogens with zero attached hydrogens (tertiary/aromatic N) is 1. The molecule has 3 aromatic carbocycles. The summed E-state index contributed by atoms with van der Waals surface area (Å²) >= 11 is 0. The molecular formula is C29H27N3O4. The minimum absolute atomic E-state index is 0.0988. The van der Waals surface area contributed by atoms with E-state index in [4.69, 9.17) is 18.9 Å². The molecule has 7 heteroatoms. The van der Waals surface area contributed by atoms with E-state index in [1.165, 1.54) is 0 Å². The summed E-state index contributed by atoms with van der Waals surface area (Å²) in [5.74, 6) is 2.84. The molecule has 0 spiro atoms. The van der Waals surface area contributed by atoms with Crippen LogP contribution in [0, 0.1) is 5.92 Å². The number of ether oxygens (including phenoxy) is 2. The van der Waals surface area contributed by atoms with Gasteiger partial charge in [0.2, 0.25) is 12.7 Å². The maximum Gasteiger partial charge on any atom is 0.231 e. The van der Waals surface area contributed by atoms with Crippen LogP contribution in [-0.2, 0) is 11.2 Å². The first-order valence-electron chi connectivity index (χ1n) is 12.2. The van der Waals surface area contributed by atoms with Crippen LogP contribution in [-0.4, -0.2) is 22.7 Å². The molecule has 2 aromatic heterocycles. The molecule has 3 heterocycles. The molecule has 0 bridgehead atoms. The maximum atomic E-state index is 13.5. The van der Waals surface area contributed by atoms with Gasteiger partial charge in [0.15, 0.2) is 11.5 Å². The van der Waals surface area contributed by atoms with Gasteiger partial charge in [0.25, 0.3) is 0 Å². The van der Waals surface area contributed by atoms with Gasteiger partial charge >= 0.3 is 0 Å². The van der Waals surface area contributed by atoms with E-state index in [-0.39, 0.29) is 31.1 Å². The molecule has 0 saturated heterocycles. The van der Waals surface area contributed by atoms with Crippen molar-refractivity contribution in [2.75, 3.05) is 6.79 Å². The van der Waals surface area contributed by atoms with E-state index in [1.807, 2.05) is 66.7 Å². The number of hydrogen-bond donors (Lipinski definition) is 2. The van der Waals surface area contributed by atoms with Crippen LogP contribution in [0.5, 0.6) is 11.5 Å². The number of aromatic nitrogens is 2. The number of hydrogen-bond acceptors (Lipinski definition) is 5. The van der Waals surface area contributed by atoms with Crippen molar-refractivity contribution in [1.82, 2.24) is 15.3 Å². The number of carbonyl (C=O) groups is 1. The highest BCUT2D eigenvalue weighted by molar-refractivity contribution is 5.95. The minimum atomic E-state index is -0.241. The van der Waals surface area contributed by atoms with E-state index in [0.29, 0.717) is 22.8 Å². The second-order valence-electron chi connectivity index (χ2n) is 9.22. The maximum absolute atomic E-state index is 13.5. The van der Waals surface area contributed by atoms with E-state index in [1.54, 1.807) is 0 Å². The Kier molecular flexibility index (Phi) is 5.60. The molecule has 1 aliphatic heterocycles. The van der Waals surface area contributed by atoms with Crippen molar-refractivity contribution >= 4 is 27.9 Å². The zero-order valence-electron chi connectivity index (χ0n) is 20.2. The zero-order chi connectivity index (χ0) is 24.6. The highest BCUT2D eigenvalue weighted by Crippen LogP contribution is 2.42. The van der Waals surface area contributed by atoms with Crippen LogP contribution < -0.4 is 14.8 Å². The van der Waals surface area contributed by atoms with Crippen LogP contribution in [0.2, 0.25) is 0 Å². The van der Waals surface area contributed by atoms with Gasteiger partial charge in [-0.1, -0.05) is 62.7 Å². The number of H-pyrrole nitrogens is 1. The Hall–Kier alpha value is -4.26. The Labute approximate surface area is 208 Å². The summed E-state index contributed by atoms with van der Waals surface area (Å²) in [7, 11) is 0. The van der Waals surface area contributed by atoms with Crippen LogP contribution in [0.25, 0.3) is 33.3 Å². The number of benzene rings is 3. The van der Waals surface area contributed by atoms with E-state index >= 15 is 0 Å². The largest absolute Gasteiger partial charge is 0.456 e. The third-order valence-corrected chi connectivity index (χ3v) is 6.89. The summed E-state index contributed by atoms with van der Waals surface area (Å²) in [6.45, 7) is 4.42. The first kappa shape index (κ1) is 22.2. The van der Waals surface area contributed by atoms with Gasteiger partial charge in [-0.25, -0.2) is 4.98 Å². The third kappa shape index (κ3) is 3.96. The fourth-order valence-electron chi connectivity index (χ4n) is 4.76. The van der Waals surface area contributed by atoms with Crippen molar-refractivity contribution < 1.29 is 18.7 Å². The molecule has 1 amide bonds. The highest BCUT2D eigenvalue weighted by atomic mass is 16.7. The molecule has 1 aliphatic rings. The van der Waals surface area contributed by atoms with Crippen molar-refractivity contribution in [3.63, 3.8) is 0 Å². The monoisotopic (exact) mass is 481 g/mol. The molecule has 2 unspecified atom stereocenters. The molecule has 7 nitrogen and oxygen atoms in total. The fourth-order valence-corrected chi connectivity index (χ4v) is 4.76. The molecule has 182 valence electrons. The molecule has 0 aliphatic carbocycles. The Balaban J connectivity index is 1.36. The fraction of sp³-hybridized carbons (Fsp3) is 0.241. The van der Waals surface area contributed by atoms with E-state index < -0.39 is 0 Å². The molecule has 2 N–H and O–H groups in total. The average Bonchev–Trinajstić information content (AvgIpc) is 3.63. The van der Waals surface area contributed by atoms with Gasteiger partial charge < -0.3 is 24.2 Å². The Morgan fingerprint density at radius 1 is 1.06 bits per heavy atom. The molecular weight excluding hydrogens is 454 g/mol. The standard InChI is InChI=1S/C29H27N3O4/c1-3-17(2)27(29-30-21-11-7-8-12-22(21)31-29)32-26(33)14-20-19-13-24-25(35-16-34-24)15-23(19)36-28(20)18-9-5-4-6-10-18/h4-13,15,17,27H,3,14,16H2,1-2H3,(H,30,31)(H,32,33). The number of imidazole rings is 1. The number of nitrogens with one attached hydrogen (secondary N) is 2. The van der Waals surface area contributed by atoms with Crippen LogP contribution >= 0.6 is 0 Å². The van der Waals surface area contributed by atoms with Gasteiger partial charge in [0, 0.05) is 22.6 Å². The lowest BCUT2D eigenvalue weighted by atomic mass is 9.97. The summed E-state index contributed by atoms with van der Waals surface area (Å²) in [4.78, 5) is 21.7. The number of carbonyl (C=O) groups excluding carboxylic acids is 1. The van der Waals surface area contributed by atoms with Crippen LogP contribution in [0.3, 0.4) is 0 Å². The summed E-state index contributed by atoms with van der Waals surface area (Å²) in [6.07, 6.45) is 1.05. The van der Waals surface area contributed by atoms with Crippen LogP contribution in [0.4, 0.5) is 0 Å². The van der Waals surface area contributed by atoms with Crippen LogP contribution in [0.15, 0.2) is 71.1 Å². The first-order chi connectivity index (χ1) is 17.6. The van der Waals surface area contributed by atoms with Gasteiger partial charge in [-0.15, -0.1) is 0 Å². The van der Waals surface area contributed by atoms with Crippen LogP contribution in [0.1, 0.15) is 37.7 Å². The Morgan fingerprint density at radius 3 is 2.58 bits per heavy atom. The van der Waals surface area contributed by atoms with Gasteiger partial charge in [-0.3, -0.25) is 4.79 Å². The van der Waals surface area contributed by atoms with Gasteiger partial charge in [0.05, 0.1) is 23.5 Å². The highest BCUT2D eigenvalue weighted by Gasteiger charge is 2.27. The SMILES string of the molecule is CCC(C)C(NC(=O)Cc1c(-c2ccccc2)oc2cc3c(cc12)OCO3)c1nc2ccccc2[nH]1. The molecule has 5 aromatic rings. The Morgan fingerprint density at radius 2 is 1.81 bits per heavy atom. The number of para-hydroxylation sites is 2. The molecule has 2 atom stereocenters. The quantitative estimate of drug-likeness (QED) is 0.291. The van der Waals surface area contributed by atoms with Gasteiger partial charge in [-0.2, -0.15) is 0 Å². The summed E-state index contributed by atoms with van der Waals surface area (Å²) in [5, 5.41) is 4.09.